The summed E-state index contributed by atoms with van der Waals surface area (Å²) in [5.74, 6) is 0.369. The van der Waals surface area contributed by atoms with Crippen molar-refractivity contribution in [1.29, 1.82) is 0 Å². The van der Waals surface area contributed by atoms with Gasteiger partial charge >= 0.3 is 0 Å². The van der Waals surface area contributed by atoms with Crippen LogP contribution in [0.3, 0.4) is 0 Å². The van der Waals surface area contributed by atoms with Crippen LogP contribution in [0.4, 0.5) is 5.13 Å². The Morgan fingerprint density at radius 3 is 2.96 bits per heavy atom. The second-order valence-electron chi connectivity index (χ2n) is 6.12. The molecular weight excluding hydrogens is 382 g/mol. The molecule has 3 aromatic rings. The highest BCUT2D eigenvalue weighted by molar-refractivity contribution is 7.14. The Labute approximate surface area is 164 Å². The molecule has 0 fully saturated rings. The summed E-state index contributed by atoms with van der Waals surface area (Å²) in [5.41, 5.74) is 2.98. The van der Waals surface area contributed by atoms with Gasteiger partial charge in [-0.2, -0.15) is 0 Å². The normalized spacial score (nSPS) is 13.5. The van der Waals surface area contributed by atoms with Crippen molar-refractivity contribution in [1.82, 2.24) is 10.3 Å². The van der Waals surface area contributed by atoms with E-state index in [-0.39, 0.29) is 11.8 Å². The lowest BCUT2D eigenvalue weighted by molar-refractivity contribution is -0.117. The van der Waals surface area contributed by atoms with Crippen LogP contribution in [-0.2, 0) is 11.2 Å². The van der Waals surface area contributed by atoms with Crippen LogP contribution in [0.5, 0.6) is 5.75 Å². The first-order chi connectivity index (χ1) is 13.1. The summed E-state index contributed by atoms with van der Waals surface area (Å²) in [6, 6.07) is 8.86. The number of thiazole rings is 1. The highest BCUT2D eigenvalue weighted by atomic mass is 32.1. The van der Waals surface area contributed by atoms with Gasteiger partial charge in [-0.3, -0.25) is 9.59 Å². The topological polar surface area (TPSA) is 80.3 Å². The molecule has 1 atom stereocenters. The Hall–Kier alpha value is -2.71. The van der Waals surface area contributed by atoms with Crippen LogP contribution < -0.4 is 15.4 Å². The van der Waals surface area contributed by atoms with E-state index in [1.54, 1.807) is 19.1 Å². The van der Waals surface area contributed by atoms with Crippen molar-refractivity contribution in [2.45, 2.75) is 19.4 Å². The number of nitrogens with zero attached hydrogens (tertiary/aromatic N) is 1. The number of benzene rings is 1. The second kappa shape index (κ2) is 7.50. The van der Waals surface area contributed by atoms with E-state index in [1.807, 2.05) is 22.9 Å². The number of fused-ring (bicyclic) bond motifs is 1. The van der Waals surface area contributed by atoms with E-state index in [9.17, 15) is 9.59 Å². The standard InChI is InChI=1S/C19H17N3O3S2/c1-11(20-18(24)16-3-2-8-26-16)17(23)22-19-21-14(10-27-19)12-4-5-15-13(9-12)6-7-25-15/h2-5,8-11H,6-7H2,1H3,(H,20,24)(H,21,22,23)/t11-/m1/s1. The average Bonchev–Trinajstić information content (AvgIpc) is 3.41. The van der Waals surface area contributed by atoms with Gasteiger partial charge < -0.3 is 15.4 Å². The molecule has 1 aliphatic heterocycles. The number of rotatable bonds is 5. The summed E-state index contributed by atoms with van der Waals surface area (Å²) >= 11 is 2.69. The Morgan fingerprint density at radius 2 is 2.15 bits per heavy atom. The van der Waals surface area contributed by atoms with Gasteiger partial charge in [0.1, 0.15) is 11.8 Å². The van der Waals surface area contributed by atoms with Crippen LogP contribution in [0, 0.1) is 0 Å². The zero-order valence-corrected chi connectivity index (χ0v) is 16.2. The van der Waals surface area contributed by atoms with Gasteiger partial charge in [-0.1, -0.05) is 6.07 Å². The average molecular weight is 399 g/mol. The van der Waals surface area contributed by atoms with Gasteiger partial charge in [0, 0.05) is 17.4 Å². The molecule has 0 aliphatic carbocycles. The quantitative estimate of drug-likeness (QED) is 0.687. The molecule has 6 nitrogen and oxygen atoms in total. The molecule has 3 heterocycles. The molecule has 0 saturated heterocycles. The molecule has 0 spiro atoms. The van der Waals surface area contributed by atoms with Crippen LogP contribution >= 0.6 is 22.7 Å². The summed E-state index contributed by atoms with van der Waals surface area (Å²) in [7, 11) is 0. The molecule has 4 rings (SSSR count). The first-order valence-corrected chi connectivity index (χ1v) is 10.2. The minimum absolute atomic E-state index is 0.257. The number of aromatic nitrogens is 1. The Balaban J connectivity index is 1.40. The highest BCUT2D eigenvalue weighted by Crippen LogP contribution is 2.31. The van der Waals surface area contributed by atoms with Crippen LogP contribution in [0.1, 0.15) is 22.2 Å². The molecule has 8 heteroatoms. The largest absolute Gasteiger partial charge is 0.493 e. The van der Waals surface area contributed by atoms with E-state index in [0.29, 0.717) is 16.6 Å². The van der Waals surface area contributed by atoms with Crippen LogP contribution in [0.15, 0.2) is 41.1 Å². The molecule has 0 unspecified atom stereocenters. The molecule has 1 aromatic carbocycles. The predicted molar refractivity (Wildman–Crippen MR) is 107 cm³/mol. The lowest BCUT2D eigenvalue weighted by atomic mass is 10.1. The maximum Gasteiger partial charge on any atom is 0.261 e. The lowest BCUT2D eigenvalue weighted by Gasteiger charge is -2.12. The van der Waals surface area contributed by atoms with E-state index in [4.69, 9.17) is 4.74 Å². The lowest BCUT2D eigenvalue weighted by Crippen LogP contribution is -2.41. The molecule has 0 radical (unpaired) electrons. The molecule has 0 bridgehead atoms. The number of amides is 2. The number of ether oxygens (including phenoxy) is 1. The van der Waals surface area contributed by atoms with Crippen molar-refractivity contribution >= 4 is 39.6 Å². The van der Waals surface area contributed by atoms with Gasteiger partial charge in [0.15, 0.2) is 5.13 Å². The minimum Gasteiger partial charge on any atom is -0.493 e. The van der Waals surface area contributed by atoms with Crippen molar-refractivity contribution < 1.29 is 14.3 Å². The molecule has 2 amide bonds. The molecule has 1 aliphatic rings. The van der Waals surface area contributed by atoms with Gasteiger partial charge in [-0.25, -0.2) is 4.98 Å². The molecule has 0 saturated carbocycles. The fourth-order valence-electron chi connectivity index (χ4n) is 2.76. The fourth-order valence-corrected chi connectivity index (χ4v) is 4.11. The first kappa shape index (κ1) is 17.7. The second-order valence-corrected chi connectivity index (χ2v) is 7.93. The number of carbonyl (C=O) groups excluding carboxylic acids is 2. The smallest absolute Gasteiger partial charge is 0.261 e. The third-order valence-corrected chi connectivity index (χ3v) is 5.83. The third kappa shape index (κ3) is 3.86. The maximum atomic E-state index is 12.3. The van der Waals surface area contributed by atoms with Gasteiger partial charge in [-0.15, -0.1) is 22.7 Å². The van der Waals surface area contributed by atoms with E-state index < -0.39 is 6.04 Å². The molecule has 138 valence electrons. The number of hydrogen-bond donors (Lipinski definition) is 2. The summed E-state index contributed by atoms with van der Waals surface area (Å²) in [4.78, 5) is 29.5. The number of carbonyl (C=O) groups is 2. The molecule has 27 heavy (non-hydrogen) atoms. The predicted octanol–water partition coefficient (Wildman–Crippen LogP) is 3.56. The van der Waals surface area contributed by atoms with Crippen molar-refractivity contribution in [3.63, 3.8) is 0 Å². The SMILES string of the molecule is C[C@@H](NC(=O)c1cccs1)C(=O)Nc1nc(-c2ccc3c(c2)CCO3)cs1. The van der Waals surface area contributed by atoms with Gasteiger partial charge in [-0.05, 0) is 42.1 Å². The number of hydrogen-bond acceptors (Lipinski definition) is 6. The van der Waals surface area contributed by atoms with E-state index in [0.717, 1.165) is 23.4 Å². The molecule has 2 aromatic heterocycles. The number of thiophene rings is 1. The third-order valence-electron chi connectivity index (χ3n) is 4.21. The molecule has 2 N–H and O–H groups in total. The monoisotopic (exact) mass is 399 g/mol. The van der Waals surface area contributed by atoms with Crippen molar-refractivity contribution in [2.24, 2.45) is 0 Å². The number of nitrogens with one attached hydrogen (secondary N) is 2. The van der Waals surface area contributed by atoms with Crippen molar-refractivity contribution in [3.8, 4) is 17.0 Å². The van der Waals surface area contributed by atoms with E-state index in [2.05, 4.69) is 21.7 Å². The summed E-state index contributed by atoms with van der Waals surface area (Å²) in [6.07, 6.45) is 0.901. The summed E-state index contributed by atoms with van der Waals surface area (Å²) in [5, 5.41) is 9.69. The number of anilines is 1. The summed E-state index contributed by atoms with van der Waals surface area (Å²) < 4.78 is 5.52. The van der Waals surface area contributed by atoms with Gasteiger partial charge in [0.2, 0.25) is 5.91 Å². The van der Waals surface area contributed by atoms with Gasteiger partial charge in [0.05, 0.1) is 17.2 Å². The van der Waals surface area contributed by atoms with Crippen molar-refractivity contribution in [3.05, 3.63) is 51.5 Å². The van der Waals surface area contributed by atoms with Crippen LogP contribution in [0.25, 0.3) is 11.3 Å². The zero-order chi connectivity index (χ0) is 18.8. The van der Waals surface area contributed by atoms with E-state index >= 15 is 0 Å². The Bertz CT molecular complexity index is 982. The highest BCUT2D eigenvalue weighted by Gasteiger charge is 2.19. The van der Waals surface area contributed by atoms with Crippen LogP contribution in [0.2, 0.25) is 0 Å². The first-order valence-electron chi connectivity index (χ1n) is 8.47. The Morgan fingerprint density at radius 1 is 1.26 bits per heavy atom. The maximum absolute atomic E-state index is 12.3. The molecular formula is C19H17N3O3S2. The van der Waals surface area contributed by atoms with Crippen molar-refractivity contribution in [2.75, 3.05) is 11.9 Å². The fraction of sp³-hybridized carbons (Fsp3) is 0.211. The zero-order valence-electron chi connectivity index (χ0n) is 14.5. The Kier molecular flexibility index (Phi) is 4.91. The minimum atomic E-state index is -0.663. The van der Waals surface area contributed by atoms with Gasteiger partial charge in [0.25, 0.3) is 5.91 Å². The van der Waals surface area contributed by atoms with E-state index in [1.165, 1.54) is 28.2 Å². The summed E-state index contributed by atoms with van der Waals surface area (Å²) in [6.45, 7) is 2.36. The van der Waals surface area contributed by atoms with Crippen LogP contribution in [-0.4, -0.2) is 29.4 Å².